The fraction of sp³-hybridized carbons (Fsp3) is 0.449. The van der Waals surface area contributed by atoms with E-state index >= 15 is 0 Å². The Labute approximate surface area is 503 Å². The number of rotatable bonds is 3. The number of alkyl halides is 2. The van der Waals surface area contributed by atoms with Gasteiger partial charge in [0.2, 0.25) is 0 Å². The number of ether oxygens (including phenoxy) is 2. The van der Waals surface area contributed by atoms with Gasteiger partial charge in [0.25, 0.3) is 11.4 Å². The van der Waals surface area contributed by atoms with E-state index in [2.05, 4.69) is 47.3 Å². The Morgan fingerprint density at radius 2 is 1.08 bits per heavy atom. The van der Waals surface area contributed by atoms with Crippen LogP contribution in [0.1, 0.15) is 90.9 Å². The van der Waals surface area contributed by atoms with Crippen LogP contribution in [-0.4, -0.2) is 94.5 Å². The van der Waals surface area contributed by atoms with Crippen LogP contribution in [0.3, 0.4) is 0 Å². The number of nitrogen functional groups attached to an aromatic ring is 1. The van der Waals surface area contributed by atoms with E-state index in [9.17, 15) is 29.8 Å². The van der Waals surface area contributed by atoms with Crippen LogP contribution in [0.2, 0.25) is 0 Å². The molecule has 4 aliphatic heterocycles. The van der Waals surface area contributed by atoms with Crippen molar-refractivity contribution < 1.29 is 115 Å². The van der Waals surface area contributed by atoms with Gasteiger partial charge in [0.05, 0.1) is 26.6 Å². The average molecular weight is 1170 g/mol. The number of nitro groups is 2. The number of nitro benzene ring substituents is 2. The number of aliphatic hydroxyl groups is 1. The molecule has 7 N–H and O–H groups in total. The molecule has 0 saturated carbocycles. The first-order chi connectivity index (χ1) is 36.2. The quantitative estimate of drug-likeness (QED) is 0.0138. The molecule has 4 aliphatic rings. The molecule has 0 aliphatic carbocycles. The third kappa shape index (κ3) is 30.1. The predicted octanol–water partition coefficient (Wildman–Crippen LogP) is 7.03. The van der Waals surface area contributed by atoms with E-state index in [0.717, 1.165) is 81.2 Å². The van der Waals surface area contributed by atoms with Gasteiger partial charge in [-0.1, -0.05) is 36.4 Å². The minimum Gasteiger partial charge on any atom is -0.635 e. The predicted molar refractivity (Wildman–Crippen MR) is 293 cm³/mol. The summed E-state index contributed by atoms with van der Waals surface area (Å²) in [5.41, 5.74) is 14.0. The zero-order valence-corrected chi connectivity index (χ0v) is 50.0. The fourth-order valence-corrected chi connectivity index (χ4v) is 7.26. The number of carbonyl (C=O) groups excluding carboxylic acids is 2. The average Bonchev–Trinajstić information content (AvgIpc) is 3.38. The number of para-hydroxylation sites is 1. The van der Waals surface area contributed by atoms with Crippen LogP contribution in [0, 0.1) is 32.5 Å². The Kier molecular flexibility index (Phi) is 35.3. The Balaban J connectivity index is 0. The topological polar surface area (TPSA) is 352 Å². The first-order valence-electron chi connectivity index (χ1n) is 23.8. The summed E-state index contributed by atoms with van der Waals surface area (Å²) in [6.07, 6.45) is 7.44. The summed E-state index contributed by atoms with van der Waals surface area (Å²) in [4.78, 5) is 58.8. The van der Waals surface area contributed by atoms with Gasteiger partial charge in [-0.2, -0.15) is 8.42 Å². The molecule has 2 amide bonds. The van der Waals surface area contributed by atoms with Crippen molar-refractivity contribution >= 4 is 85.6 Å². The molecule has 8 rings (SSSR count). The number of fused-ring (bicyclic) bond motifs is 4. The normalized spacial score (nSPS) is 13.2. The standard InChI is InChI=1S/C14H18N2O4.C14H20N2O2.C9H10N2O2.C9H11N.CH2Cl2.CH4O.CH3.K.HNO3.H2O4S/c1-14(2,3)20-13(17)15-8-4-5-10-6-7-11(16(18)19)9-12(10)15;1-14(2,3)18-13(17)16-8-4-5-10-6-7-11(15)9-12(10)16;12-11(13)8-4-3-7-2-1-5-10-9(7)6-8;1-2-6-9-8(4-1)5-3-7-10-9;2-1-3;1-2;;;2-1-4-3;1-5(2,3)4/h6-7,9H,4-5,8H2,1-3H3;6-7,9H,4-5,8,15H2,1-3H3;3-4,6,10H,1-2,5H2;1-2,4,6,10H,3,5,7H2;1H2;2H,1H3;1H3;;3H;(H2,1,2,3,4)/q;;;;;;-1;+1;;/p-1/i;;;;;;1D;;;. The number of non-ortho nitro benzene ring substituents is 2. The maximum atomic E-state index is 12.2. The minimum absolute atomic E-state index is 0. The molecule has 0 spiro atoms. The molecule has 0 fully saturated rings. The number of aryl methyl sites for hydroxylation is 4. The van der Waals surface area contributed by atoms with Crippen molar-refractivity contribution in [3.05, 3.63) is 134 Å². The Morgan fingerprint density at radius 3 is 1.49 bits per heavy atom. The maximum Gasteiger partial charge on any atom is 1.00 e. The third-order valence-corrected chi connectivity index (χ3v) is 10.1. The molecule has 0 bridgehead atoms. The van der Waals surface area contributed by atoms with Crippen LogP contribution in [0.25, 0.3) is 0 Å². The summed E-state index contributed by atoms with van der Waals surface area (Å²) in [6.45, 7) is 14.2. The van der Waals surface area contributed by atoms with Crippen LogP contribution < -0.4 is 82.8 Å². The molecule has 77 heavy (non-hydrogen) atoms. The van der Waals surface area contributed by atoms with Crippen LogP contribution >= 0.6 is 23.2 Å². The van der Waals surface area contributed by atoms with Crippen LogP contribution in [0.5, 0.6) is 0 Å². The number of hydrogen-bond acceptors (Lipinski definition) is 18. The molecule has 24 nitrogen and oxygen atoms in total. The third-order valence-electron chi connectivity index (χ3n) is 10.1. The number of anilines is 5. The number of hydrogen-bond donors (Lipinski definition) is 6. The molecule has 0 unspecified atom stereocenters. The Morgan fingerprint density at radius 1 is 0.714 bits per heavy atom. The molecule has 0 radical (unpaired) electrons. The SMILES string of the molecule is CC(C)(C)OC(=O)N1CCCc2ccc(N)cc21.CC(C)(C)OC(=O)N1CCCc2ccc([N+](=O)[O-])cc21.CO.ClCCl.O=NO[O-].O=S(=O)(O)O.O=[N+]([O-])c1ccc2c(c1)NCCC2.[2H][CH2-].[K+].c1ccc2c(c1)CCCN2. The number of nitrogens with two attached hydrogens (primary N) is 1. The zero-order chi connectivity index (χ0) is 58.9. The molecular weight excluding hydrogens is 1100 g/mol. The van der Waals surface area contributed by atoms with Gasteiger partial charge < -0.3 is 48.6 Å². The monoisotopic (exact) mass is 1170 g/mol. The van der Waals surface area contributed by atoms with Gasteiger partial charge in [0.15, 0.2) is 0 Å². The number of amides is 2. The van der Waals surface area contributed by atoms with Crippen molar-refractivity contribution in [3.63, 3.8) is 0 Å². The molecule has 0 atom stereocenters. The van der Waals surface area contributed by atoms with Crippen LogP contribution in [0.4, 0.5) is 49.4 Å². The summed E-state index contributed by atoms with van der Waals surface area (Å²) < 4.78 is 47.9. The smallest absolute Gasteiger partial charge is 0.635 e. The van der Waals surface area contributed by atoms with E-state index in [-0.39, 0.29) is 79.1 Å². The Bertz CT molecular complexity index is 2550. The number of nitrogens with zero attached hydrogens (tertiary/aromatic N) is 5. The number of carbonyl (C=O) groups is 2. The van der Waals surface area contributed by atoms with Crippen molar-refractivity contribution in [2.45, 2.75) is 104 Å². The minimum atomic E-state index is -4.67. The van der Waals surface area contributed by atoms with E-state index in [1.807, 2.05) is 45.0 Å². The molecule has 4 aromatic carbocycles. The second-order valence-corrected chi connectivity index (χ2v) is 19.6. The first kappa shape index (κ1) is 72.0. The molecular formula is C49H70Cl2KN8O16S-. The van der Waals surface area contributed by atoms with E-state index in [4.69, 9.17) is 72.6 Å². The number of nitrogens with one attached hydrogen (secondary N) is 2. The number of halogens is 2. The van der Waals surface area contributed by atoms with Crippen LogP contribution in [-0.2, 0) is 50.5 Å². The van der Waals surface area contributed by atoms with Crippen LogP contribution in [0.15, 0.2) is 84.2 Å². The van der Waals surface area contributed by atoms with Gasteiger partial charge in [0, 0.05) is 74.6 Å². The summed E-state index contributed by atoms with van der Waals surface area (Å²) in [6, 6.07) is 23.9. The van der Waals surface area contributed by atoms with E-state index in [0.29, 0.717) is 24.5 Å². The molecule has 4 heterocycles. The van der Waals surface area contributed by atoms with Crippen molar-refractivity contribution in [2.24, 2.45) is 5.34 Å². The van der Waals surface area contributed by atoms with E-state index in [1.165, 1.54) is 52.0 Å². The van der Waals surface area contributed by atoms with Gasteiger partial charge in [0.1, 0.15) is 16.5 Å². The van der Waals surface area contributed by atoms with Crippen molar-refractivity contribution in [2.75, 3.05) is 64.8 Å². The van der Waals surface area contributed by atoms with Crippen molar-refractivity contribution in [3.8, 4) is 0 Å². The van der Waals surface area contributed by atoms with Crippen molar-refractivity contribution in [1.29, 1.82) is 0 Å². The van der Waals surface area contributed by atoms with E-state index < -0.39 is 32.6 Å². The fourth-order valence-electron chi connectivity index (χ4n) is 7.26. The molecule has 0 saturated heterocycles. The van der Waals surface area contributed by atoms with Gasteiger partial charge in [-0.15, -0.1) is 28.1 Å². The second kappa shape index (κ2) is 37.8. The molecule has 0 aromatic heterocycles. The van der Waals surface area contributed by atoms with Gasteiger partial charge in [-0.3, -0.25) is 39.1 Å². The molecule has 424 valence electrons. The number of aliphatic hydroxyl groups excluding tert-OH is 1. The first-order valence-corrected chi connectivity index (χ1v) is 25.6. The maximum absolute atomic E-state index is 12.2. The Hall–Kier alpha value is -4.97. The molecule has 28 heteroatoms. The summed E-state index contributed by atoms with van der Waals surface area (Å²) in [5.74, 6) is 0. The van der Waals surface area contributed by atoms with Gasteiger partial charge in [-0.25, -0.2) is 11.0 Å². The summed E-state index contributed by atoms with van der Waals surface area (Å²) in [7, 11) is -1.17. The van der Waals surface area contributed by atoms with Crippen molar-refractivity contribution in [1.82, 2.24) is 0 Å². The summed E-state index contributed by atoms with van der Waals surface area (Å²) in [5, 5.41) is 44.8. The molecule has 4 aromatic rings. The summed E-state index contributed by atoms with van der Waals surface area (Å²) >= 11 is 9.53. The van der Waals surface area contributed by atoms with Gasteiger partial charge in [-0.05, 0) is 133 Å². The largest absolute Gasteiger partial charge is 1.00 e. The second-order valence-electron chi connectivity index (χ2n) is 17.9. The van der Waals surface area contributed by atoms with E-state index in [1.54, 1.807) is 43.9 Å². The zero-order valence-electron chi connectivity index (χ0n) is 45.5. The van der Waals surface area contributed by atoms with Gasteiger partial charge >= 0.3 is 74.0 Å². The number of benzene rings is 4.